The SMILES string of the molecule is CC(=O)CSc1ccccc1C(=O)O[C@@H](C)C(=O)Nc1ccccc1C(C)=O. The summed E-state index contributed by atoms with van der Waals surface area (Å²) < 4.78 is 5.28. The van der Waals surface area contributed by atoms with E-state index in [0.717, 1.165) is 0 Å². The van der Waals surface area contributed by atoms with Crippen molar-refractivity contribution in [3.05, 3.63) is 59.7 Å². The molecule has 0 aliphatic carbocycles. The van der Waals surface area contributed by atoms with Gasteiger partial charge in [-0.15, -0.1) is 11.8 Å². The van der Waals surface area contributed by atoms with Gasteiger partial charge in [0, 0.05) is 10.5 Å². The third-order valence-electron chi connectivity index (χ3n) is 3.76. The van der Waals surface area contributed by atoms with E-state index in [-0.39, 0.29) is 22.9 Å². The normalized spacial score (nSPS) is 11.4. The number of anilines is 1. The number of thioether (sulfide) groups is 1. The van der Waals surface area contributed by atoms with Crippen LogP contribution in [-0.2, 0) is 14.3 Å². The Kier molecular flexibility index (Phi) is 7.52. The molecular formula is C21H21NO5S. The number of ether oxygens (including phenoxy) is 1. The Labute approximate surface area is 167 Å². The summed E-state index contributed by atoms with van der Waals surface area (Å²) in [6.07, 6.45) is -1.07. The molecule has 1 N–H and O–H groups in total. The summed E-state index contributed by atoms with van der Waals surface area (Å²) in [5, 5.41) is 2.62. The smallest absolute Gasteiger partial charge is 0.340 e. The number of benzene rings is 2. The molecule has 0 aromatic heterocycles. The van der Waals surface area contributed by atoms with Crippen molar-refractivity contribution in [1.82, 2.24) is 0 Å². The second-order valence-corrected chi connectivity index (χ2v) is 7.14. The van der Waals surface area contributed by atoms with Gasteiger partial charge < -0.3 is 10.1 Å². The summed E-state index contributed by atoms with van der Waals surface area (Å²) in [5.74, 6) is -1.16. The van der Waals surface area contributed by atoms with Gasteiger partial charge >= 0.3 is 5.97 Å². The summed E-state index contributed by atoms with van der Waals surface area (Å²) in [7, 11) is 0. The minimum Gasteiger partial charge on any atom is -0.449 e. The Bertz CT molecular complexity index is 909. The van der Waals surface area contributed by atoms with Crippen LogP contribution in [0, 0.1) is 0 Å². The van der Waals surface area contributed by atoms with E-state index in [9.17, 15) is 19.2 Å². The Morgan fingerprint density at radius 1 is 0.964 bits per heavy atom. The predicted molar refractivity (Wildman–Crippen MR) is 108 cm³/mol. The van der Waals surface area contributed by atoms with E-state index in [4.69, 9.17) is 4.74 Å². The molecule has 1 atom stereocenters. The standard InChI is InChI=1S/C21H21NO5S/c1-13(23)12-28-19-11-7-5-9-17(19)21(26)27-15(3)20(25)22-18-10-6-4-8-16(18)14(2)24/h4-11,15H,12H2,1-3H3,(H,22,25)/t15-/m0/s1. The average molecular weight is 399 g/mol. The number of Topliss-reactive ketones (excluding diaryl/α,β-unsaturated/α-hetero) is 2. The highest BCUT2D eigenvalue weighted by molar-refractivity contribution is 8.00. The van der Waals surface area contributed by atoms with Crippen LogP contribution in [0.3, 0.4) is 0 Å². The number of para-hydroxylation sites is 1. The van der Waals surface area contributed by atoms with Crippen molar-refractivity contribution >= 4 is 40.9 Å². The van der Waals surface area contributed by atoms with Crippen molar-refractivity contribution in [1.29, 1.82) is 0 Å². The molecule has 0 spiro atoms. The number of carbonyl (C=O) groups is 4. The summed E-state index contributed by atoms with van der Waals surface area (Å²) in [5.41, 5.74) is 1.03. The number of amides is 1. The van der Waals surface area contributed by atoms with Crippen molar-refractivity contribution in [2.75, 3.05) is 11.1 Å². The van der Waals surface area contributed by atoms with E-state index >= 15 is 0 Å². The number of nitrogens with one attached hydrogen (secondary N) is 1. The first-order valence-corrected chi connectivity index (χ1v) is 9.61. The van der Waals surface area contributed by atoms with E-state index in [1.165, 1.54) is 32.5 Å². The van der Waals surface area contributed by atoms with Crippen LogP contribution in [0.25, 0.3) is 0 Å². The molecule has 0 aliphatic heterocycles. The zero-order valence-electron chi connectivity index (χ0n) is 15.9. The molecule has 7 heteroatoms. The molecule has 0 fully saturated rings. The summed E-state index contributed by atoms with van der Waals surface area (Å²) in [6.45, 7) is 4.33. The molecule has 0 heterocycles. The second kappa shape index (κ2) is 9.85. The maximum atomic E-state index is 12.5. The fraction of sp³-hybridized carbons (Fsp3) is 0.238. The van der Waals surface area contributed by atoms with E-state index in [2.05, 4.69) is 5.32 Å². The van der Waals surface area contributed by atoms with Crippen molar-refractivity contribution in [3.63, 3.8) is 0 Å². The molecular weight excluding hydrogens is 378 g/mol. The summed E-state index contributed by atoms with van der Waals surface area (Å²) >= 11 is 1.24. The van der Waals surface area contributed by atoms with Crippen molar-refractivity contribution in [2.24, 2.45) is 0 Å². The van der Waals surface area contributed by atoms with Gasteiger partial charge in [0.2, 0.25) is 0 Å². The monoisotopic (exact) mass is 399 g/mol. The van der Waals surface area contributed by atoms with Gasteiger partial charge in [-0.25, -0.2) is 4.79 Å². The number of ketones is 2. The molecule has 1 amide bonds. The largest absolute Gasteiger partial charge is 0.449 e. The number of esters is 1. The zero-order valence-corrected chi connectivity index (χ0v) is 16.7. The third kappa shape index (κ3) is 5.79. The van der Waals surface area contributed by atoms with E-state index < -0.39 is 18.0 Å². The van der Waals surface area contributed by atoms with Gasteiger partial charge in [-0.1, -0.05) is 24.3 Å². The Morgan fingerprint density at radius 2 is 1.57 bits per heavy atom. The third-order valence-corrected chi connectivity index (χ3v) is 4.97. The van der Waals surface area contributed by atoms with Gasteiger partial charge in [0.1, 0.15) is 5.78 Å². The van der Waals surface area contributed by atoms with Gasteiger partial charge in [0.05, 0.1) is 17.0 Å². The first kappa shape index (κ1) is 21.4. The number of hydrogen-bond acceptors (Lipinski definition) is 6. The van der Waals surface area contributed by atoms with Gasteiger partial charge in [-0.05, 0) is 45.0 Å². The lowest BCUT2D eigenvalue weighted by molar-refractivity contribution is -0.123. The molecule has 2 aromatic carbocycles. The Morgan fingerprint density at radius 3 is 2.21 bits per heavy atom. The van der Waals surface area contributed by atoms with Crippen LogP contribution in [0.2, 0.25) is 0 Å². The molecule has 2 rings (SSSR count). The van der Waals surface area contributed by atoms with Crippen LogP contribution in [-0.4, -0.2) is 35.3 Å². The van der Waals surface area contributed by atoms with Gasteiger partial charge in [-0.2, -0.15) is 0 Å². The first-order valence-electron chi connectivity index (χ1n) is 8.62. The van der Waals surface area contributed by atoms with Crippen LogP contribution in [0.1, 0.15) is 41.5 Å². The van der Waals surface area contributed by atoms with Gasteiger partial charge in [0.25, 0.3) is 5.91 Å². The fourth-order valence-electron chi connectivity index (χ4n) is 2.35. The Balaban J connectivity index is 2.08. The van der Waals surface area contributed by atoms with Crippen molar-refractivity contribution < 1.29 is 23.9 Å². The minimum absolute atomic E-state index is 0.00921. The average Bonchev–Trinajstić information content (AvgIpc) is 2.66. The molecule has 146 valence electrons. The molecule has 0 radical (unpaired) electrons. The topological polar surface area (TPSA) is 89.5 Å². The quantitative estimate of drug-likeness (QED) is 0.413. The van der Waals surface area contributed by atoms with Crippen molar-refractivity contribution in [3.8, 4) is 0 Å². The van der Waals surface area contributed by atoms with E-state index in [0.29, 0.717) is 16.1 Å². The highest BCUT2D eigenvalue weighted by Gasteiger charge is 2.22. The highest BCUT2D eigenvalue weighted by Crippen LogP contribution is 2.24. The molecule has 6 nitrogen and oxygen atoms in total. The molecule has 28 heavy (non-hydrogen) atoms. The second-order valence-electron chi connectivity index (χ2n) is 6.13. The number of hydrogen-bond donors (Lipinski definition) is 1. The molecule has 0 saturated carbocycles. The molecule has 0 unspecified atom stereocenters. The number of rotatable bonds is 8. The van der Waals surface area contributed by atoms with Crippen LogP contribution in [0.5, 0.6) is 0 Å². The highest BCUT2D eigenvalue weighted by atomic mass is 32.2. The fourth-order valence-corrected chi connectivity index (χ4v) is 3.19. The maximum absolute atomic E-state index is 12.5. The lowest BCUT2D eigenvalue weighted by Crippen LogP contribution is -2.30. The maximum Gasteiger partial charge on any atom is 0.340 e. The minimum atomic E-state index is -1.07. The van der Waals surface area contributed by atoms with Gasteiger partial charge in [-0.3, -0.25) is 14.4 Å². The summed E-state index contributed by atoms with van der Waals surface area (Å²) in [6, 6.07) is 13.4. The first-order chi connectivity index (χ1) is 13.3. The Hall–Kier alpha value is -2.93. The molecule has 0 bridgehead atoms. The van der Waals surface area contributed by atoms with Crippen LogP contribution in [0.15, 0.2) is 53.4 Å². The van der Waals surface area contributed by atoms with E-state index in [1.54, 1.807) is 48.5 Å². The molecule has 2 aromatic rings. The number of carbonyl (C=O) groups excluding carboxylic acids is 4. The lowest BCUT2D eigenvalue weighted by Gasteiger charge is -2.16. The van der Waals surface area contributed by atoms with E-state index in [1.807, 2.05) is 0 Å². The van der Waals surface area contributed by atoms with Crippen LogP contribution in [0.4, 0.5) is 5.69 Å². The van der Waals surface area contributed by atoms with Crippen LogP contribution < -0.4 is 5.32 Å². The van der Waals surface area contributed by atoms with Gasteiger partial charge in [0.15, 0.2) is 11.9 Å². The van der Waals surface area contributed by atoms with Crippen LogP contribution >= 0.6 is 11.8 Å². The lowest BCUT2D eigenvalue weighted by atomic mass is 10.1. The predicted octanol–water partition coefficient (Wildman–Crippen LogP) is 3.75. The molecule has 0 saturated heterocycles. The zero-order chi connectivity index (χ0) is 20.7. The van der Waals surface area contributed by atoms with Crippen molar-refractivity contribution in [2.45, 2.75) is 31.8 Å². The summed E-state index contributed by atoms with van der Waals surface area (Å²) in [4.78, 5) is 48.4. The molecule has 0 aliphatic rings.